The summed E-state index contributed by atoms with van der Waals surface area (Å²) in [5, 5.41) is 29.7. The monoisotopic (exact) mass is 483 g/mol. The van der Waals surface area contributed by atoms with Crippen LogP contribution in [0.15, 0.2) is 48.8 Å². The summed E-state index contributed by atoms with van der Waals surface area (Å²) in [6, 6.07) is 14.0. The fraction of sp³-hybridized carbons (Fsp3) is 0.125. The molecule has 0 bridgehead atoms. The molecule has 1 aromatic carbocycles. The zero-order valence-corrected chi connectivity index (χ0v) is 19.5. The van der Waals surface area contributed by atoms with E-state index in [0.29, 0.717) is 50.1 Å². The number of pyridine rings is 2. The Hall–Kier alpha value is -4.87. The van der Waals surface area contributed by atoms with Crippen LogP contribution in [0, 0.1) is 29.6 Å². The first-order valence-corrected chi connectivity index (χ1v) is 11.0. The highest BCUT2D eigenvalue weighted by atomic mass is 32.1. The molecule has 0 radical (unpaired) electrons. The fourth-order valence-corrected chi connectivity index (χ4v) is 3.79. The minimum absolute atomic E-state index is 0.0991. The number of nitrogens with zero attached hydrogens (tertiary/aromatic N) is 6. The number of aryl methyl sites for hydroxylation is 1. The molecule has 1 amide bonds. The Bertz CT molecular complexity index is 1470. The van der Waals surface area contributed by atoms with Crippen LogP contribution in [0.5, 0.6) is 11.6 Å². The quantitative estimate of drug-likeness (QED) is 0.413. The van der Waals surface area contributed by atoms with Gasteiger partial charge in [0, 0.05) is 35.3 Å². The number of anilines is 1. The molecular weight excluding hydrogens is 466 g/mol. The lowest BCUT2D eigenvalue weighted by molar-refractivity contribution is 0.102. The number of nitriles is 2. The highest BCUT2D eigenvalue weighted by Crippen LogP contribution is 2.34. The van der Waals surface area contributed by atoms with Gasteiger partial charge < -0.3 is 9.47 Å². The zero-order valence-electron chi connectivity index (χ0n) is 18.6. The van der Waals surface area contributed by atoms with E-state index in [4.69, 9.17) is 14.7 Å². The molecule has 0 aliphatic heterocycles. The first-order valence-electron chi connectivity index (χ1n) is 10.2. The molecule has 0 saturated heterocycles. The van der Waals surface area contributed by atoms with Gasteiger partial charge in [0.2, 0.25) is 11.0 Å². The van der Waals surface area contributed by atoms with E-state index in [2.05, 4.69) is 31.6 Å². The van der Waals surface area contributed by atoms with E-state index in [0.717, 1.165) is 11.3 Å². The van der Waals surface area contributed by atoms with Crippen molar-refractivity contribution in [3.8, 4) is 34.9 Å². The summed E-state index contributed by atoms with van der Waals surface area (Å²) in [6.07, 6.45) is 2.88. The van der Waals surface area contributed by atoms with Gasteiger partial charge >= 0.3 is 0 Å². The Balaban J connectivity index is 1.53. The van der Waals surface area contributed by atoms with Gasteiger partial charge in [-0.1, -0.05) is 11.3 Å². The molecule has 1 N–H and O–H groups in total. The Kier molecular flexibility index (Phi) is 6.91. The second kappa shape index (κ2) is 10.4. The van der Waals surface area contributed by atoms with Crippen LogP contribution in [0.1, 0.15) is 32.2 Å². The molecule has 0 saturated carbocycles. The van der Waals surface area contributed by atoms with Gasteiger partial charge in [-0.05, 0) is 37.3 Å². The third-order valence-electron chi connectivity index (χ3n) is 4.80. The van der Waals surface area contributed by atoms with Crippen molar-refractivity contribution in [2.75, 3.05) is 12.4 Å². The van der Waals surface area contributed by atoms with Crippen molar-refractivity contribution in [3.05, 3.63) is 76.2 Å². The SMILES string of the molecule is COc1ccc(C#N)cc1-c1cc(C)ncc1C(=O)Nc1nnc(COc2ccc(C#N)cn2)s1. The normalized spacial score (nSPS) is 10.2. The summed E-state index contributed by atoms with van der Waals surface area (Å²) in [4.78, 5) is 21.4. The molecule has 0 aliphatic rings. The van der Waals surface area contributed by atoms with Crippen molar-refractivity contribution in [3.63, 3.8) is 0 Å². The molecule has 10 nitrogen and oxygen atoms in total. The minimum atomic E-state index is -0.436. The van der Waals surface area contributed by atoms with E-state index < -0.39 is 5.91 Å². The van der Waals surface area contributed by atoms with Crippen LogP contribution in [0.2, 0.25) is 0 Å². The van der Waals surface area contributed by atoms with Gasteiger partial charge in [0.05, 0.1) is 29.9 Å². The number of hydrogen-bond acceptors (Lipinski definition) is 10. The molecule has 0 spiro atoms. The van der Waals surface area contributed by atoms with Gasteiger partial charge in [-0.3, -0.25) is 15.1 Å². The summed E-state index contributed by atoms with van der Waals surface area (Å²) in [5.41, 5.74) is 3.03. The first kappa shape index (κ1) is 23.3. The number of ether oxygens (including phenoxy) is 2. The summed E-state index contributed by atoms with van der Waals surface area (Å²) in [7, 11) is 1.52. The summed E-state index contributed by atoms with van der Waals surface area (Å²) in [5.74, 6) is 0.429. The Morgan fingerprint density at radius 2 is 1.83 bits per heavy atom. The van der Waals surface area contributed by atoms with E-state index in [1.807, 2.05) is 13.0 Å². The Labute approximate surface area is 204 Å². The Morgan fingerprint density at radius 3 is 2.54 bits per heavy atom. The van der Waals surface area contributed by atoms with Gasteiger partial charge in [0.25, 0.3) is 5.91 Å². The molecule has 35 heavy (non-hydrogen) atoms. The van der Waals surface area contributed by atoms with Crippen molar-refractivity contribution >= 4 is 22.4 Å². The molecule has 0 atom stereocenters. The number of carbonyl (C=O) groups excluding carboxylic acids is 1. The molecule has 4 rings (SSSR count). The average molecular weight is 484 g/mol. The fourth-order valence-electron chi connectivity index (χ4n) is 3.15. The van der Waals surface area contributed by atoms with E-state index in [1.165, 1.54) is 19.5 Å². The number of carbonyl (C=O) groups is 1. The summed E-state index contributed by atoms with van der Waals surface area (Å²) >= 11 is 1.15. The van der Waals surface area contributed by atoms with E-state index in [-0.39, 0.29) is 11.7 Å². The molecule has 11 heteroatoms. The molecule has 3 aromatic heterocycles. The van der Waals surface area contributed by atoms with Gasteiger partial charge in [-0.15, -0.1) is 10.2 Å². The van der Waals surface area contributed by atoms with E-state index in [9.17, 15) is 10.1 Å². The van der Waals surface area contributed by atoms with E-state index in [1.54, 1.807) is 36.4 Å². The Morgan fingerprint density at radius 1 is 1.03 bits per heavy atom. The van der Waals surface area contributed by atoms with Gasteiger partial charge in [0.15, 0.2) is 5.01 Å². The molecular formula is C24H17N7O3S. The van der Waals surface area contributed by atoms with Gasteiger partial charge in [-0.25, -0.2) is 4.98 Å². The number of aromatic nitrogens is 4. The molecule has 172 valence electrons. The van der Waals surface area contributed by atoms with Crippen LogP contribution in [0.25, 0.3) is 11.1 Å². The maximum Gasteiger partial charge on any atom is 0.259 e. The minimum Gasteiger partial charge on any atom is -0.496 e. The average Bonchev–Trinajstić information content (AvgIpc) is 3.34. The molecule has 0 fully saturated rings. The second-order valence-corrected chi connectivity index (χ2v) is 8.20. The van der Waals surface area contributed by atoms with Crippen molar-refractivity contribution in [1.29, 1.82) is 10.5 Å². The lowest BCUT2D eigenvalue weighted by Gasteiger charge is -2.13. The lowest BCUT2D eigenvalue weighted by Crippen LogP contribution is -2.14. The van der Waals surface area contributed by atoms with Crippen molar-refractivity contribution < 1.29 is 14.3 Å². The van der Waals surface area contributed by atoms with Gasteiger partial charge in [0.1, 0.15) is 18.4 Å². The topological polar surface area (TPSA) is 147 Å². The first-order chi connectivity index (χ1) is 17.0. The standard InChI is InChI=1S/C24H17N7O3S/c1-14-7-17(18-8-15(9-25)3-5-20(18)33-2)19(12-27-14)23(32)29-24-31-30-22(35-24)13-34-21-6-4-16(10-26)11-28-21/h3-8,11-12H,13H2,1-2H3,(H,29,31,32). The highest BCUT2D eigenvalue weighted by Gasteiger charge is 2.19. The van der Waals surface area contributed by atoms with Crippen LogP contribution in [-0.2, 0) is 6.61 Å². The number of amides is 1. The zero-order chi connectivity index (χ0) is 24.8. The van der Waals surface area contributed by atoms with Crippen molar-refractivity contribution in [1.82, 2.24) is 20.2 Å². The van der Waals surface area contributed by atoms with Gasteiger partial charge in [-0.2, -0.15) is 10.5 Å². The number of methoxy groups -OCH3 is 1. The predicted octanol–water partition coefficient (Wildman–Crippen LogP) is 3.89. The van der Waals surface area contributed by atoms with Crippen molar-refractivity contribution in [2.45, 2.75) is 13.5 Å². The number of rotatable bonds is 7. The molecule has 4 aromatic rings. The number of nitrogens with one attached hydrogen (secondary N) is 1. The molecule has 3 heterocycles. The van der Waals surface area contributed by atoms with Crippen LogP contribution in [0.4, 0.5) is 5.13 Å². The number of hydrogen-bond donors (Lipinski definition) is 1. The maximum absolute atomic E-state index is 13.1. The molecule has 0 unspecified atom stereocenters. The third-order valence-corrected chi connectivity index (χ3v) is 5.61. The smallest absolute Gasteiger partial charge is 0.259 e. The van der Waals surface area contributed by atoms with Crippen LogP contribution in [-0.4, -0.2) is 33.2 Å². The lowest BCUT2D eigenvalue weighted by atomic mass is 9.97. The van der Waals surface area contributed by atoms with Crippen LogP contribution >= 0.6 is 11.3 Å². The number of benzene rings is 1. The third kappa shape index (κ3) is 5.38. The van der Waals surface area contributed by atoms with Crippen LogP contribution in [0.3, 0.4) is 0 Å². The summed E-state index contributed by atoms with van der Waals surface area (Å²) < 4.78 is 11.0. The van der Waals surface area contributed by atoms with E-state index >= 15 is 0 Å². The molecule has 0 aliphatic carbocycles. The second-order valence-electron chi connectivity index (χ2n) is 7.14. The summed E-state index contributed by atoms with van der Waals surface area (Å²) in [6.45, 7) is 1.91. The predicted molar refractivity (Wildman–Crippen MR) is 127 cm³/mol. The highest BCUT2D eigenvalue weighted by molar-refractivity contribution is 7.15. The van der Waals surface area contributed by atoms with Crippen molar-refractivity contribution in [2.24, 2.45) is 0 Å². The largest absolute Gasteiger partial charge is 0.496 e. The maximum atomic E-state index is 13.1. The van der Waals surface area contributed by atoms with Crippen LogP contribution < -0.4 is 14.8 Å².